The zero-order valence-electron chi connectivity index (χ0n) is 6.45. The molecule has 1 atom stereocenters. The SMILES string of the molecule is N#CC1(I)OC(=O)c2ccccc21. The molecule has 0 saturated heterocycles. The van der Waals surface area contributed by atoms with E-state index in [0.717, 1.165) is 0 Å². The molecule has 3 nitrogen and oxygen atoms in total. The molecule has 1 heterocycles. The molecular weight excluding hydrogens is 281 g/mol. The van der Waals surface area contributed by atoms with Gasteiger partial charge in [0.25, 0.3) is 3.61 Å². The highest BCUT2D eigenvalue weighted by atomic mass is 127. The van der Waals surface area contributed by atoms with Crippen LogP contribution in [0.5, 0.6) is 0 Å². The number of nitrogens with zero attached hydrogens (tertiary/aromatic N) is 1. The first-order chi connectivity index (χ1) is 6.17. The van der Waals surface area contributed by atoms with Crippen molar-refractivity contribution in [3.8, 4) is 6.07 Å². The molecule has 0 N–H and O–H groups in total. The van der Waals surface area contributed by atoms with Gasteiger partial charge in [-0.05, 0) is 28.7 Å². The zero-order chi connectivity index (χ0) is 9.47. The molecule has 13 heavy (non-hydrogen) atoms. The summed E-state index contributed by atoms with van der Waals surface area (Å²) in [4.78, 5) is 11.3. The molecule has 0 bridgehead atoms. The van der Waals surface area contributed by atoms with E-state index >= 15 is 0 Å². The third kappa shape index (κ3) is 1.11. The number of carbonyl (C=O) groups is 1. The minimum absolute atomic E-state index is 0.424. The number of benzene rings is 1. The summed E-state index contributed by atoms with van der Waals surface area (Å²) in [5.74, 6) is -0.424. The average molecular weight is 285 g/mol. The van der Waals surface area contributed by atoms with Crippen molar-refractivity contribution in [2.45, 2.75) is 3.61 Å². The number of carbonyl (C=O) groups excluding carboxylic acids is 1. The number of fused-ring (bicyclic) bond motifs is 1. The fourth-order valence-corrected chi connectivity index (χ4v) is 1.93. The maximum Gasteiger partial charge on any atom is 0.341 e. The maximum absolute atomic E-state index is 11.3. The van der Waals surface area contributed by atoms with Crippen molar-refractivity contribution < 1.29 is 9.53 Å². The Morgan fingerprint density at radius 3 is 2.85 bits per heavy atom. The lowest BCUT2D eigenvalue weighted by molar-refractivity contribution is 0.0446. The largest absolute Gasteiger partial charge is 0.426 e. The molecule has 1 aliphatic rings. The summed E-state index contributed by atoms with van der Waals surface area (Å²) in [5.41, 5.74) is 1.13. The Balaban J connectivity index is 2.68. The smallest absolute Gasteiger partial charge is 0.341 e. The van der Waals surface area contributed by atoms with Gasteiger partial charge in [-0.25, -0.2) is 4.79 Å². The fraction of sp³-hybridized carbons (Fsp3) is 0.111. The van der Waals surface area contributed by atoms with Gasteiger partial charge in [0.05, 0.1) is 5.56 Å². The number of cyclic esters (lactones) is 1. The van der Waals surface area contributed by atoms with Gasteiger partial charge in [-0.1, -0.05) is 18.2 Å². The van der Waals surface area contributed by atoms with E-state index in [9.17, 15) is 4.79 Å². The van der Waals surface area contributed by atoms with Crippen LogP contribution in [0.4, 0.5) is 0 Å². The molecule has 4 heteroatoms. The first kappa shape index (κ1) is 8.51. The lowest BCUT2D eigenvalue weighted by Crippen LogP contribution is -2.14. The van der Waals surface area contributed by atoms with Crippen LogP contribution < -0.4 is 0 Å². The Hall–Kier alpha value is -1.09. The monoisotopic (exact) mass is 285 g/mol. The van der Waals surface area contributed by atoms with Crippen LogP contribution in [0.2, 0.25) is 0 Å². The first-order valence-electron chi connectivity index (χ1n) is 3.60. The summed E-state index contributed by atoms with van der Waals surface area (Å²) < 4.78 is 3.82. The van der Waals surface area contributed by atoms with E-state index in [1.54, 1.807) is 24.3 Å². The minimum Gasteiger partial charge on any atom is -0.426 e. The molecule has 1 aromatic carbocycles. The standard InChI is InChI=1S/C9H4INO2/c10-9(5-11)7-4-2-1-3-6(7)8(12)13-9/h1-4H. The Morgan fingerprint density at radius 2 is 2.15 bits per heavy atom. The highest BCUT2D eigenvalue weighted by molar-refractivity contribution is 14.1. The van der Waals surface area contributed by atoms with Gasteiger partial charge in [-0.3, -0.25) is 0 Å². The Labute approximate surface area is 88.4 Å². The minimum atomic E-state index is -1.13. The second-order valence-electron chi connectivity index (χ2n) is 2.64. The molecule has 64 valence electrons. The normalized spacial score (nSPS) is 24.8. The molecule has 0 saturated carbocycles. The van der Waals surface area contributed by atoms with Gasteiger partial charge in [0.1, 0.15) is 6.07 Å². The van der Waals surface area contributed by atoms with Crippen LogP contribution in [0.15, 0.2) is 24.3 Å². The van der Waals surface area contributed by atoms with E-state index in [1.165, 1.54) is 0 Å². The van der Waals surface area contributed by atoms with Crippen molar-refractivity contribution in [3.63, 3.8) is 0 Å². The van der Waals surface area contributed by atoms with Gasteiger partial charge in [0.15, 0.2) is 0 Å². The molecule has 0 amide bonds. The Kier molecular flexibility index (Phi) is 1.77. The third-order valence-electron chi connectivity index (χ3n) is 1.87. The lowest BCUT2D eigenvalue weighted by Gasteiger charge is -2.10. The molecule has 1 unspecified atom stereocenters. The third-order valence-corrected chi connectivity index (χ3v) is 2.91. The molecule has 1 aliphatic heterocycles. The van der Waals surface area contributed by atoms with E-state index in [1.807, 2.05) is 28.7 Å². The van der Waals surface area contributed by atoms with Crippen molar-refractivity contribution in [2.75, 3.05) is 0 Å². The van der Waals surface area contributed by atoms with E-state index in [2.05, 4.69) is 0 Å². The van der Waals surface area contributed by atoms with E-state index < -0.39 is 9.58 Å². The van der Waals surface area contributed by atoms with Crippen LogP contribution in [0, 0.1) is 11.3 Å². The Bertz CT molecular complexity index is 424. The molecule has 0 radical (unpaired) electrons. The van der Waals surface area contributed by atoms with Crippen molar-refractivity contribution in [1.82, 2.24) is 0 Å². The number of rotatable bonds is 0. The van der Waals surface area contributed by atoms with E-state index in [-0.39, 0.29) is 0 Å². The van der Waals surface area contributed by atoms with Crippen molar-refractivity contribution >= 4 is 28.6 Å². The maximum atomic E-state index is 11.3. The fourth-order valence-electron chi connectivity index (χ4n) is 1.26. The average Bonchev–Trinajstić information content (AvgIpc) is 2.42. The summed E-state index contributed by atoms with van der Waals surface area (Å²) >= 11 is 1.83. The zero-order valence-corrected chi connectivity index (χ0v) is 8.61. The number of esters is 1. The summed E-state index contributed by atoms with van der Waals surface area (Å²) in [7, 11) is 0. The summed E-state index contributed by atoms with van der Waals surface area (Å²) in [5, 5.41) is 8.86. The predicted octanol–water partition coefficient (Wildman–Crippen LogP) is 1.97. The number of ether oxygens (including phenoxy) is 1. The molecule has 0 aromatic heterocycles. The number of halogens is 1. The highest BCUT2D eigenvalue weighted by Gasteiger charge is 2.43. The molecule has 0 fully saturated rings. The van der Waals surface area contributed by atoms with Crippen LogP contribution in [0.25, 0.3) is 0 Å². The van der Waals surface area contributed by atoms with Gasteiger partial charge >= 0.3 is 5.97 Å². The number of hydrogen-bond acceptors (Lipinski definition) is 3. The molecular formula is C9H4INO2. The predicted molar refractivity (Wildman–Crippen MR) is 53.2 cm³/mol. The number of hydrogen-bond donors (Lipinski definition) is 0. The Morgan fingerprint density at radius 1 is 1.46 bits per heavy atom. The summed E-state index contributed by atoms with van der Waals surface area (Å²) in [6.07, 6.45) is 0. The van der Waals surface area contributed by atoms with Gasteiger partial charge in [0, 0.05) is 5.56 Å². The number of nitriles is 1. The second kappa shape index (κ2) is 2.70. The van der Waals surface area contributed by atoms with E-state index in [4.69, 9.17) is 10.00 Å². The highest BCUT2D eigenvalue weighted by Crippen LogP contribution is 2.41. The van der Waals surface area contributed by atoms with Crippen LogP contribution in [0.3, 0.4) is 0 Å². The first-order valence-corrected chi connectivity index (χ1v) is 4.68. The molecule has 2 rings (SSSR count). The molecule has 0 aliphatic carbocycles. The van der Waals surface area contributed by atoms with Gasteiger partial charge < -0.3 is 4.74 Å². The lowest BCUT2D eigenvalue weighted by atomic mass is 10.1. The van der Waals surface area contributed by atoms with Crippen molar-refractivity contribution in [2.24, 2.45) is 0 Å². The van der Waals surface area contributed by atoms with Crippen LogP contribution in [-0.4, -0.2) is 5.97 Å². The van der Waals surface area contributed by atoms with Crippen LogP contribution in [0.1, 0.15) is 15.9 Å². The number of alkyl halides is 1. The van der Waals surface area contributed by atoms with E-state index in [0.29, 0.717) is 11.1 Å². The summed E-state index contributed by atoms with van der Waals surface area (Å²) in [6.45, 7) is 0. The van der Waals surface area contributed by atoms with Gasteiger partial charge in [0.2, 0.25) is 0 Å². The van der Waals surface area contributed by atoms with Crippen LogP contribution in [-0.2, 0) is 8.34 Å². The van der Waals surface area contributed by atoms with Crippen molar-refractivity contribution in [1.29, 1.82) is 5.26 Å². The quantitative estimate of drug-likeness (QED) is 0.416. The van der Waals surface area contributed by atoms with Gasteiger partial charge in [-0.2, -0.15) is 5.26 Å². The summed E-state index contributed by atoms with van der Waals surface area (Å²) in [6, 6.07) is 8.90. The van der Waals surface area contributed by atoms with Crippen molar-refractivity contribution in [3.05, 3.63) is 35.4 Å². The van der Waals surface area contributed by atoms with Crippen LogP contribution >= 0.6 is 22.6 Å². The molecule has 1 aromatic rings. The molecule has 0 spiro atoms. The topological polar surface area (TPSA) is 50.1 Å². The second-order valence-corrected chi connectivity index (χ2v) is 4.16. The van der Waals surface area contributed by atoms with Gasteiger partial charge in [-0.15, -0.1) is 0 Å².